The lowest BCUT2D eigenvalue weighted by Crippen LogP contribution is -2.34. The molecule has 118 valence electrons. The fourth-order valence-electron chi connectivity index (χ4n) is 1.33. The molecule has 0 heterocycles. The van der Waals surface area contributed by atoms with Gasteiger partial charge in [-0.2, -0.15) is 0 Å². The monoisotopic (exact) mass is 353 g/mol. The Kier molecular flexibility index (Phi) is 7.01. The van der Waals surface area contributed by atoms with Crippen LogP contribution in [0.3, 0.4) is 0 Å². The summed E-state index contributed by atoms with van der Waals surface area (Å²) in [6.07, 6.45) is 0. The number of benzene rings is 1. The van der Waals surface area contributed by atoms with E-state index in [1.165, 1.54) is 13.0 Å². The predicted octanol–water partition coefficient (Wildman–Crippen LogP) is 4.24. The smallest absolute Gasteiger partial charge is 0.409 e. The first-order chi connectivity index (χ1) is 9.71. The number of hydrogen-bond donors (Lipinski definition) is 1. The van der Waals surface area contributed by atoms with Crippen LogP contribution in [-0.2, 0) is 14.1 Å². The minimum absolute atomic E-state index is 0.174. The Balaban J connectivity index is 2.61. The van der Waals surface area contributed by atoms with E-state index in [-0.39, 0.29) is 23.3 Å². The number of rotatable bonds is 7. The highest BCUT2D eigenvalue weighted by Crippen LogP contribution is 2.50. The maximum Gasteiger partial charge on any atom is 0.409 e. The lowest BCUT2D eigenvalue weighted by molar-refractivity contribution is -0.146. The van der Waals surface area contributed by atoms with Gasteiger partial charge in [-0.05, 0) is 25.0 Å². The van der Waals surface area contributed by atoms with Gasteiger partial charge in [0.15, 0.2) is 0 Å². The van der Waals surface area contributed by atoms with Crippen molar-refractivity contribution < 1.29 is 18.6 Å². The molecule has 0 amide bonds. The molecule has 2 unspecified atom stereocenters. The minimum atomic E-state index is -3.76. The van der Waals surface area contributed by atoms with Crippen LogP contribution in [0.4, 0.5) is 0 Å². The Morgan fingerprint density at radius 3 is 2.52 bits per heavy atom. The maximum atomic E-state index is 12.2. The van der Waals surface area contributed by atoms with Crippen LogP contribution in [0.2, 0.25) is 5.02 Å². The van der Waals surface area contributed by atoms with Gasteiger partial charge >= 0.3 is 12.8 Å². The molecular formula is C13H18Cl2NO4P. The van der Waals surface area contributed by atoms with E-state index in [0.717, 1.165) is 0 Å². The molecule has 0 aliphatic rings. The molecule has 1 aromatic carbocycles. The quantitative estimate of drug-likeness (QED) is 0.586. The summed E-state index contributed by atoms with van der Waals surface area (Å²) in [7, 11) is 0. The van der Waals surface area contributed by atoms with Gasteiger partial charge in [0, 0.05) is 11.2 Å². The molecule has 0 aliphatic carbocycles. The van der Waals surface area contributed by atoms with Gasteiger partial charge in [-0.1, -0.05) is 37.6 Å². The Hall–Kier alpha value is -0.740. The third kappa shape index (κ3) is 6.70. The second-order valence-corrected chi connectivity index (χ2v) is 8.02. The third-order valence-corrected chi connectivity index (χ3v) is 4.25. The molecule has 21 heavy (non-hydrogen) atoms. The van der Waals surface area contributed by atoms with Gasteiger partial charge in [-0.3, -0.25) is 4.79 Å². The molecule has 0 saturated carbocycles. The highest BCUT2D eigenvalue weighted by atomic mass is 35.7. The third-order valence-electron chi connectivity index (χ3n) is 2.31. The summed E-state index contributed by atoms with van der Waals surface area (Å²) >= 11 is 11.7. The van der Waals surface area contributed by atoms with Crippen LogP contribution in [0.25, 0.3) is 0 Å². The lowest BCUT2D eigenvalue weighted by atomic mass is 10.2. The number of halogens is 2. The molecule has 2 atom stereocenters. The van der Waals surface area contributed by atoms with Crippen molar-refractivity contribution in [1.29, 1.82) is 0 Å². The Morgan fingerprint density at radius 1 is 1.33 bits per heavy atom. The van der Waals surface area contributed by atoms with Crippen LogP contribution in [0.15, 0.2) is 24.3 Å². The lowest BCUT2D eigenvalue weighted by Gasteiger charge is -2.19. The molecule has 0 spiro atoms. The molecule has 8 heteroatoms. The molecule has 0 aromatic heterocycles. The summed E-state index contributed by atoms with van der Waals surface area (Å²) in [5, 5.41) is 2.69. The van der Waals surface area contributed by atoms with E-state index >= 15 is 0 Å². The topological polar surface area (TPSA) is 64.6 Å². The van der Waals surface area contributed by atoms with Crippen molar-refractivity contribution in [3.8, 4) is 5.75 Å². The molecule has 0 radical (unpaired) electrons. The van der Waals surface area contributed by atoms with Crippen molar-refractivity contribution in [3.05, 3.63) is 29.3 Å². The number of esters is 1. The highest BCUT2D eigenvalue weighted by molar-refractivity contribution is 7.84. The largest absolute Gasteiger partial charge is 0.464 e. The average Bonchev–Trinajstić information content (AvgIpc) is 2.37. The molecule has 0 bridgehead atoms. The minimum Gasteiger partial charge on any atom is -0.464 e. The van der Waals surface area contributed by atoms with E-state index in [1.807, 2.05) is 13.8 Å². The molecular weight excluding hydrogens is 336 g/mol. The van der Waals surface area contributed by atoms with E-state index < -0.39 is 18.9 Å². The molecule has 0 saturated heterocycles. The predicted molar refractivity (Wildman–Crippen MR) is 83.9 cm³/mol. The number of nitrogens with one attached hydrogen (secondary N) is 1. The number of carbonyl (C=O) groups excluding carboxylic acids is 1. The van der Waals surface area contributed by atoms with Gasteiger partial charge in [0.05, 0.1) is 11.6 Å². The first-order valence-electron chi connectivity index (χ1n) is 6.39. The zero-order valence-corrected chi connectivity index (χ0v) is 14.4. The summed E-state index contributed by atoms with van der Waals surface area (Å²) in [6.45, 7) is 1.84. The van der Waals surface area contributed by atoms with Crippen molar-refractivity contribution >= 4 is 35.7 Å². The Morgan fingerprint density at radius 2 is 1.95 bits per heavy atom. The number of carbonyl (C=O) groups is 1. The standard InChI is InChI=1S/C13H18Cl2NO4P/c1-9(2)8-19-13(17)10(3)16-21(15,18)20-12-7-5-4-6-11(12)14/h4-7,9-10H,8H2,1-3H3,(H,16,18). The number of hydrogen-bond acceptors (Lipinski definition) is 4. The summed E-state index contributed by atoms with van der Waals surface area (Å²) in [4.78, 5) is 11.7. The Bertz CT molecular complexity index is 539. The van der Waals surface area contributed by atoms with Crippen molar-refractivity contribution in [2.75, 3.05) is 6.61 Å². The molecule has 0 aliphatic heterocycles. The van der Waals surface area contributed by atoms with E-state index in [9.17, 15) is 9.36 Å². The summed E-state index contributed by atoms with van der Waals surface area (Å²) in [6, 6.07) is 5.61. The molecule has 1 rings (SSSR count). The van der Waals surface area contributed by atoms with E-state index in [2.05, 4.69) is 5.09 Å². The van der Waals surface area contributed by atoms with Gasteiger partial charge in [-0.25, -0.2) is 9.65 Å². The van der Waals surface area contributed by atoms with Crippen LogP contribution in [-0.4, -0.2) is 18.6 Å². The summed E-state index contributed by atoms with van der Waals surface area (Å²) in [5.41, 5.74) is 0. The van der Waals surface area contributed by atoms with Crippen molar-refractivity contribution in [2.24, 2.45) is 5.92 Å². The van der Waals surface area contributed by atoms with Gasteiger partial charge < -0.3 is 9.26 Å². The van der Waals surface area contributed by atoms with Gasteiger partial charge in [0.2, 0.25) is 0 Å². The van der Waals surface area contributed by atoms with Crippen molar-refractivity contribution in [3.63, 3.8) is 0 Å². The van der Waals surface area contributed by atoms with Crippen LogP contribution >= 0.6 is 29.7 Å². The van der Waals surface area contributed by atoms with Gasteiger partial charge in [-0.15, -0.1) is 0 Å². The molecule has 5 nitrogen and oxygen atoms in total. The van der Waals surface area contributed by atoms with E-state index in [0.29, 0.717) is 0 Å². The molecule has 1 aromatic rings. The first kappa shape index (κ1) is 18.3. The molecule has 0 fully saturated rings. The zero-order valence-electron chi connectivity index (χ0n) is 12.0. The fourth-order valence-corrected chi connectivity index (χ4v) is 3.25. The zero-order chi connectivity index (χ0) is 16.0. The number of ether oxygens (including phenoxy) is 1. The van der Waals surface area contributed by atoms with Crippen LogP contribution in [0.1, 0.15) is 20.8 Å². The second-order valence-electron chi connectivity index (χ2n) is 4.88. The summed E-state index contributed by atoms with van der Waals surface area (Å²) in [5.74, 6) is -0.164. The van der Waals surface area contributed by atoms with Crippen molar-refractivity contribution in [2.45, 2.75) is 26.8 Å². The fraction of sp³-hybridized carbons (Fsp3) is 0.462. The maximum absolute atomic E-state index is 12.2. The van der Waals surface area contributed by atoms with Gasteiger partial charge in [0.25, 0.3) is 0 Å². The van der Waals surface area contributed by atoms with Crippen LogP contribution in [0.5, 0.6) is 5.75 Å². The first-order valence-corrected chi connectivity index (χ1v) is 9.30. The van der Waals surface area contributed by atoms with Gasteiger partial charge in [0.1, 0.15) is 11.8 Å². The van der Waals surface area contributed by atoms with E-state index in [4.69, 9.17) is 32.1 Å². The van der Waals surface area contributed by atoms with Crippen molar-refractivity contribution in [1.82, 2.24) is 5.09 Å². The van der Waals surface area contributed by atoms with Crippen LogP contribution < -0.4 is 9.61 Å². The Labute approximate surface area is 134 Å². The van der Waals surface area contributed by atoms with Crippen LogP contribution in [0, 0.1) is 5.92 Å². The average molecular weight is 354 g/mol. The molecule has 1 N–H and O–H groups in total. The number of para-hydroxylation sites is 1. The van der Waals surface area contributed by atoms with E-state index in [1.54, 1.807) is 18.2 Å². The summed E-state index contributed by atoms with van der Waals surface area (Å²) < 4.78 is 22.3. The second kappa shape index (κ2) is 8.04. The SMILES string of the molecule is CC(C)COC(=O)C(C)NP(=O)(Cl)Oc1ccccc1Cl. The highest BCUT2D eigenvalue weighted by Gasteiger charge is 2.28. The normalized spacial score (nSPS) is 15.3.